The Morgan fingerprint density at radius 2 is 1.43 bits per heavy atom. The summed E-state index contributed by atoms with van der Waals surface area (Å²) in [5, 5.41) is 14.1. The summed E-state index contributed by atoms with van der Waals surface area (Å²) in [5.41, 5.74) is 1.16. The molecule has 0 radical (unpaired) electrons. The minimum Gasteiger partial charge on any atom is -0.481 e. The number of imide groups is 2. The summed E-state index contributed by atoms with van der Waals surface area (Å²) < 4.78 is 11.3. The Morgan fingerprint density at radius 1 is 0.833 bits per heavy atom. The van der Waals surface area contributed by atoms with Gasteiger partial charge >= 0.3 is 5.97 Å². The topological polar surface area (TPSA) is 151 Å². The maximum absolute atomic E-state index is 13.1. The van der Waals surface area contributed by atoms with Gasteiger partial charge in [0.15, 0.2) is 0 Å². The van der Waals surface area contributed by atoms with Gasteiger partial charge in [-0.25, -0.2) is 0 Å². The maximum atomic E-state index is 13.1. The van der Waals surface area contributed by atoms with Gasteiger partial charge in [-0.3, -0.25) is 34.2 Å². The highest BCUT2D eigenvalue weighted by Gasteiger charge is 2.45. The number of ether oxygens (including phenoxy) is 2. The summed E-state index contributed by atoms with van der Waals surface area (Å²) in [6, 6.07) is 4.12. The maximum Gasteiger partial charge on any atom is 0.303 e. The molecule has 1 atom stereocenters. The number of benzene rings is 1. The quantitative estimate of drug-likeness (QED) is 0.133. The number of hydrogen-bond donors (Lipinski definition) is 3. The Kier molecular flexibility index (Phi) is 14.4. The third-order valence-electron chi connectivity index (χ3n) is 7.51. The molecule has 2 aliphatic heterocycles. The average Bonchev–Trinajstić information content (AvgIpc) is 3.21. The zero-order valence-corrected chi connectivity index (χ0v) is 24.5. The summed E-state index contributed by atoms with van der Waals surface area (Å²) >= 11 is 0. The van der Waals surface area contributed by atoms with E-state index in [1.807, 2.05) is 0 Å². The van der Waals surface area contributed by atoms with E-state index < -0.39 is 35.6 Å². The van der Waals surface area contributed by atoms with Crippen molar-refractivity contribution in [3.63, 3.8) is 0 Å². The lowest BCUT2D eigenvalue weighted by molar-refractivity contribution is -0.138. The normalized spacial score (nSPS) is 16.6. The average molecular weight is 588 g/mol. The summed E-state index contributed by atoms with van der Waals surface area (Å²) in [4.78, 5) is 61.3. The van der Waals surface area contributed by atoms with E-state index in [1.54, 1.807) is 18.2 Å². The number of amides is 4. The van der Waals surface area contributed by atoms with Gasteiger partial charge in [0.25, 0.3) is 11.8 Å². The minimum absolute atomic E-state index is 0.0948. The van der Waals surface area contributed by atoms with Crippen LogP contribution in [0.3, 0.4) is 0 Å². The van der Waals surface area contributed by atoms with Gasteiger partial charge < -0.3 is 19.9 Å². The number of carboxylic acids is 1. The van der Waals surface area contributed by atoms with Crippen LogP contribution in [0.1, 0.15) is 111 Å². The molecule has 42 heavy (non-hydrogen) atoms. The molecule has 0 spiro atoms. The van der Waals surface area contributed by atoms with E-state index in [0.29, 0.717) is 18.8 Å². The van der Waals surface area contributed by atoms with Crippen molar-refractivity contribution in [2.45, 2.75) is 95.9 Å². The van der Waals surface area contributed by atoms with Crippen LogP contribution >= 0.6 is 0 Å². The van der Waals surface area contributed by atoms with Gasteiger partial charge in [-0.1, -0.05) is 38.2 Å². The van der Waals surface area contributed by atoms with Crippen molar-refractivity contribution >= 4 is 35.3 Å². The molecule has 0 bridgehead atoms. The van der Waals surface area contributed by atoms with Crippen molar-refractivity contribution in [1.82, 2.24) is 10.2 Å². The Labute approximate surface area is 247 Å². The molecule has 11 heteroatoms. The van der Waals surface area contributed by atoms with Gasteiger partial charge in [-0.05, 0) is 57.1 Å². The summed E-state index contributed by atoms with van der Waals surface area (Å²) in [5.74, 6) is -2.74. The highest BCUT2D eigenvalue weighted by Crippen LogP contribution is 2.32. The number of carbonyl (C=O) groups is 5. The van der Waals surface area contributed by atoms with E-state index in [4.69, 9.17) is 14.6 Å². The smallest absolute Gasteiger partial charge is 0.303 e. The zero-order chi connectivity index (χ0) is 30.2. The van der Waals surface area contributed by atoms with Gasteiger partial charge in [0.05, 0.1) is 11.1 Å². The Morgan fingerprint density at radius 3 is 2.02 bits per heavy atom. The lowest BCUT2D eigenvalue weighted by Crippen LogP contribution is -2.54. The van der Waals surface area contributed by atoms with Crippen molar-refractivity contribution < 1.29 is 38.6 Å². The fourth-order valence-corrected chi connectivity index (χ4v) is 5.19. The van der Waals surface area contributed by atoms with Crippen LogP contribution in [0.2, 0.25) is 0 Å². The molecule has 1 fully saturated rings. The third kappa shape index (κ3) is 10.5. The van der Waals surface area contributed by atoms with Crippen LogP contribution in [-0.4, -0.2) is 78.6 Å². The van der Waals surface area contributed by atoms with Crippen LogP contribution in [0.4, 0.5) is 5.69 Å². The number of nitrogens with zero attached hydrogens (tertiary/aromatic N) is 1. The van der Waals surface area contributed by atoms with Crippen molar-refractivity contribution in [2.24, 2.45) is 0 Å². The molecule has 1 aromatic carbocycles. The molecule has 2 aliphatic rings. The number of rotatable bonds is 22. The number of nitrogens with one attached hydrogen (secondary N) is 2. The molecule has 2 heterocycles. The van der Waals surface area contributed by atoms with E-state index in [1.165, 1.54) is 0 Å². The molecule has 11 nitrogen and oxygen atoms in total. The summed E-state index contributed by atoms with van der Waals surface area (Å²) in [6.07, 6.45) is 11.3. The second-order valence-electron chi connectivity index (χ2n) is 10.9. The number of carboxylic acid groups (broad SMARTS) is 1. The number of unbranched alkanes of at least 4 members (excludes halogenated alkanes) is 8. The van der Waals surface area contributed by atoms with Crippen molar-refractivity contribution in [3.05, 3.63) is 29.3 Å². The fraction of sp³-hybridized carbons (Fsp3) is 0.645. The molecule has 3 N–H and O–H groups in total. The number of aliphatic carboxylic acids is 1. The number of hydrogen-bond acceptors (Lipinski definition) is 8. The zero-order valence-electron chi connectivity index (χ0n) is 24.5. The molecular formula is C31H45N3O8. The second-order valence-corrected chi connectivity index (χ2v) is 10.9. The number of piperidine rings is 1. The van der Waals surface area contributed by atoms with Gasteiger partial charge in [0.1, 0.15) is 6.04 Å². The molecule has 1 unspecified atom stereocenters. The fourth-order valence-electron chi connectivity index (χ4n) is 5.19. The van der Waals surface area contributed by atoms with Crippen LogP contribution in [-0.2, 0) is 23.9 Å². The van der Waals surface area contributed by atoms with Crippen LogP contribution in [0.15, 0.2) is 18.2 Å². The number of fused-ring (bicyclic) bond motifs is 1. The molecule has 1 aromatic rings. The molecule has 1 saturated heterocycles. The third-order valence-corrected chi connectivity index (χ3v) is 7.51. The van der Waals surface area contributed by atoms with Crippen LogP contribution in [0.5, 0.6) is 0 Å². The monoisotopic (exact) mass is 587 g/mol. The minimum atomic E-state index is -0.968. The SMILES string of the molecule is O=C(O)CCCCCOCCCCCCOCCCCCCNc1cccc2c1C(=O)N(C1CCC(=O)NC1=O)C2=O. The molecule has 3 rings (SSSR count). The van der Waals surface area contributed by atoms with E-state index in [0.717, 1.165) is 95.3 Å². The first-order valence-corrected chi connectivity index (χ1v) is 15.4. The van der Waals surface area contributed by atoms with Gasteiger partial charge in [-0.2, -0.15) is 0 Å². The predicted octanol–water partition coefficient (Wildman–Crippen LogP) is 4.30. The molecule has 0 aromatic heterocycles. The van der Waals surface area contributed by atoms with E-state index >= 15 is 0 Å². The highest BCUT2D eigenvalue weighted by atomic mass is 16.5. The first kappa shape index (κ1) is 33.2. The van der Waals surface area contributed by atoms with E-state index in [2.05, 4.69) is 10.6 Å². The first-order valence-electron chi connectivity index (χ1n) is 15.4. The molecular weight excluding hydrogens is 542 g/mol. The van der Waals surface area contributed by atoms with Gasteiger partial charge in [0.2, 0.25) is 11.8 Å². The lowest BCUT2D eigenvalue weighted by atomic mass is 10.0. The second kappa shape index (κ2) is 18.3. The number of carbonyl (C=O) groups excluding carboxylic acids is 4. The molecule has 4 amide bonds. The van der Waals surface area contributed by atoms with Crippen molar-refractivity contribution in [3.8, 4) is 0 Å². The van der Waals surface area contributed by atoms with Crippen molar-refractivity contribution in [1.29, 1.82) is 0 Å². The van der Waals surface area contributed by atoms with Crippen LogP contribution < -0.4 is 10.6 Å². The van der Waals surface area contributed by atoms with E-state index in [9.17, 15) is 24.0 Å². The molecule has 0 saturated carbocycles. The standard InChI is InChI=1S/C31H45N3O8/c35-26-17-16-25(29(38)33-26)34-30(39)23-13-12-14-24(28(23)31(34)40)32-18-7-1-2-8-19-41-20-9-3-4-10-21-42-22-11-5-6-15-27(36)37/h12-14,25,32H,1-11,15-22H2,(H,36,37)(H,33,35,38). The predicted molar refractivity (Wildman–Crippen MR) is 156 cm³/mol. The first-order chi connectivity index (χ1) is 20.4. The van der Waals surface area contributed by atoms with Crippen LogP contribution in [0, 0.1) is 0 Å². The molecule has 232 valence electrons. The molecule has 0 aliphatic carbocycles. The Balaban J connectivity index is 1.18. The van der Waals surface area contributed by atoms with Gasteiger partial charge in [0, 0.05) is 51.5 Å². The number of anilines is 1. The summed E-state index contributed by atoms with van der Waals surface area (Å²) in [6.45, 7) is 3.65. The van der Waals surface area contributed by atoms with Gasteiger partial charge in [-0.15, -0.1) is 0 Å². The van der Waals surface area contributed by atoms with Crippen LogP contribution in [0.25, 0.3) is 0 Å². The highest BCUT2D eigenvalue weighted by molar-refractivity contribution is 6.25. The summed E-state index contributed by atoms with van der Waals surface area (Å²) in [7, 11) is 0. The van der Waals surface area contributed by atoms with E-state index in [-0.39, 0.29) is 30.4 Å². The Hall–Kier alpha value is -3.31. The Bertz CT molecular complexity index is 1080. The van der Waals surface area contributed by atoms with Crippen molar-refractivity contribution in [2.75, 3.05) is 38.3 Å². The lowest BCUT2D eigenvalue weighted by Gasteiger charge is -2.27. The largest absolute Gasteiger partial charge is 0.481 e.